The molecule has 0 N–H and O–H groups in total. The van der Waals surface area contributed by atoms with Gasteiger partial charge in [0.2, 0.25) is 0 Å². The van der Waals surface area contributed by atoms with Crippen LogP contribution in [0.15, 0.2) is 48.5 Å². The molecule has 0 aliphatic carbocycles. The van der Waals surface area contributed by atoms with E-state index in [1.165, 1.54) is 42.5 Å². The molecular formula is C23H33NO. The Balaban J connectivity index is 2.17. The number of rotatable bonds is 10. The highest BCUT2D eigenvalue weighted by atomic mass is 16.5. The maximum atomic E-state index is 5.54. The molecule has 0 aromatic heterocycles. The molecule has 0 saturated carbocycles. The zero-order chi connectivity index (χ0) is 18.1. The summed E-state index contributed by atoms with van der Waals surface area (Å²) in [6, 6.07) is 18.0. The molecular weight excluding hydrogens is 306 g/mol. The van der Waals surface area contributed by atoms with Gasteiger partial charge in [-0.3, -0.25) is 0 Å². The van der Waals surface area contributed by atoms with Crippen LogP contribution in [0.5, 0.6) is 5.75 Å². The molecule has 0 aliphatic rings. The minimum Gasteiger partial charge on any atom is -0.496 e. The number of methoxy groups -OCH3 is 1. The maximum Gasteiger partial charge on any atom is 0.123 e. The third-order valence-electron chi connectivity index (χ3n) is 4.99. The Labute approximate surface area is 153 Å². The van der Waals surface area contributed by atoms with Gasteiger partial charge in [0, 0.05) is 23.8 Å². The first kappa shape index (κ1) is 19.4. The lowest BCUT2D eigenvalue weighted by Crippen LogP contribution is -2.32. The maximum absolute atomic E-state index is 5.54. The second-order valence-electron chi connectivity index (χ2n) is 6.82. The summed E-state index contributed by atoms with van der Waals surface area (Å²) < 4.78 is 5.54. The molecule has 1 unspecified atom stereocenters. The van der Waals surface area contributed by atoms with E-state index < -0.39 is 0 Å². The molecule has 0 amide bonds. The molecule has 0 radical (unpaired) electrons. The number of benzene rings is 2. The first-order valence-corrected chi connectivity index (χ1v) is 9.67. The molecule has 0 heterocycles. The van der Waals surface area contributed by atoms with Crippen molar-refractivity contribution < 1.29 is 4.74 Å². The van der Waals surface area contributed by atoms with Crippen LogP contribution in [-0.4, -0.2) is 13.2 Å². The molecule has 2 aromatic carbocycles. The van der Waals surface area contributed by atoms with Crippen LogP contribution in [0.3, 0.4) is 0 Å². The topological polar surface area (TPSA) is 12.5 Å². The Morgan fingerprint density at radius 3 is 2.32 bits per heavy atom. The molecule has 2 heteroatoms. The number of para-hydroxylation sites is 1. The van der Waals surface area contributed by atoms with Gasteiger partial charge in [-0.2, -0.15) is 0 Å². The smallest absolute Gasteiger partial charge is 0.123 e. The lowest BCUT2D eigenvalue weighted by Gasteiger charge is -2.31. The summed E-state index contributed by atoms with van der Waals surface area (Å²) >= 11 is 0. The SMILES string of the molecule is CCCCCc1ccc(N(Cc2ccccc2OC)C(C)CC)cc1. The molecule has 2 aromatic rings. The summed E-state index contributed by atoms with van der Waals surface area (Å²) in [6.45, 7) is 7.67. The van der Waals surface area contributed by atoms with Crippen LogP contribution in [0, 0.1) is 0 Å². The average molecular weight is 340 g/mol. The van der Waals surface area contributed by atoms with Gasteiger partial charge in [0.25, 0.3) is 0 Å². The third kappa shape index (κ3) is 5.52. The van der Waals surface area contributed by atoms with Crippen LogP contribution >= 0.6 is 0 Å². The second kappa shape index (κ2) is 10.1. The van der Waals surface area contributed by atoms with Crippen LogP contribution in [0.25, 0.3) is 0 Å². The molecule has 0 aliphatic heterocycles. The molecule has 25 heavy (non-hydrogen) atoms. The minimum atomic E-state index is 0.482. The van der Waals surface area contributed by atoms with E-state index >= 15 is 0 Å². The standard InChI is InChI=1S/C23H33NO/c1-5-7-8-11-20-14-16-22(17-15-20)24(19(3)6-2)18-21-12-9-10-13-23(21)25-4/h9-10,12-17,19H,5-8,11,18H2,1-4H3. The Morgan fingerprint density at radius 1 is 0.960 bits per heavy atom. The number of hydrogen-bond donors (Lipinski definition) is 0. The average Bonchev–Trinajstić information content (AvgIpc) is 2.66. The highest BCUT2D eigenvalue weighted by Gasteiger charge is 2.15. The Kier molecular flexibility index (Phi) is 7.84. The predicted molar refractivity (Wildman–Crippen MR) is 109 cm³/mol. The molecule has 2 nitrogen and oxygen atoms in total. The fourth-order valence-electron chi connectivity index (χ4n) is 3.17. The van der Waals surface area contributed by atoms with E-state index in [0.717, 1.165) is 18.7 Å². The van der Waals surface area contributed by atoms with E-state index in [1.807, 2.05) is 12.1 Å². The van der Waals surface area contributed by atoms with Gasteiger partial charge in [-0.15, -0.1) is 0 Å². The van der Waals surface area contributed by atoms with Gasteiger partial charge >= 0.3 is 0 Å². The summed E-state index contributed by atoms with van der Waals surface area (Å²) in [5.74, 6) is 0.965. The first-order valence-electron chi connectivity index (χ1n) is 9.67. The van der Waals surface area contributed by atoms with Crippen LogP contribution in [-0.2, 0) is 13.0 Å². The second-order valence-corrected chi connectivity index (χ2v) is 6.82. The van der Waals surface area contributed by atoms with Crippen molar-refractivity contribution in [1.82, 2.24) is 0 Å². The van der Waals surface area contributed by atoms with Crippen molar-refractivity contribution in [1.29, 1.82) is 0 Å². The molecule has 0 fully saturated rings. The Bertz CT molecular complexity index is 620. The summed E-state index contributed by atoms with van der Waals surface area (Å²) in [4.78, 5) is 2.48. The fourth-order valence-corrected chi connectivity index (χ4v) is 3.17. The molecule has 136 valence electrons. The summed E-state index contributed by atoms with van der Waals surface area (Å²) in [7, 11) is 1.75. The predicted octanol–water partition coefficient (Wildman–Crippen LogP) is 6.23. The van der Waals surface area contributed by atoms with E-state index in [1.54, 1.807) is 7.11 Å². The van der Waals surface area contributed by atoms with Crippen LogP contribution in [0.2, 0.25) is 0 Å². The molecule has 2 rings (SSSR count). The molecule has 1 atom stereocenters. The van der Waals surface area contributed by atoms with Crippen molar-refractivity contribution in [3.63, 3.8) is 0 Å². The number of aryl methyl sites for hydroxylation is 1. The number of ether oxygens (including phenoxy) is 1. The number of hydrogen-bond acceptors (Lipinski definition) is 2. The van der Waals surface area contributed by atoms with Crippen molar-refractivity contribution in [2.45, 2.75) is 65.5 Å². The van der Waals surface area contributed by atoms with Gasteiger partial charge in [-0.1, -0.05) is 57.0 Å². The van der Waals surface area contributed by atoms with Crippen LogP contribution < -0.4 is 9.64 Å². The fraction of sp³-hybridized carbons (Fsp3) is 0.478. The summed E-state index contributed by atoms with van der Waals surface area (Å²) in [5.41, 5.74) is 3.97. The Hall–Kier alpha value is -1.96. The zero-order valence-electron chi connectivity index (χ0n) is 16.3. The Morgan fingerprint density at radius 2 is 1.68 bits per heavy atom. The van der Waals surface area contributed by atoms with Crippen molar-refractivity contribution >= 4 is 5.69 Å². The molecule has 0 saturated heterocycles. The van der Waals surface area contributed by atoms with E-state index in [-0.39, 0.29) is 0 Å². The van der Waals surface area contributed by atoms with Crippen LogP contribution in [0.4, 0.5) is 5.69 Å². The van der Waals surface area contributed by atoms with Gasteiger partial charge < -0.3 is 9.64 Å². The molecule has 0 bridgehead atoms. The van der Waals surface area contributed by atoms with Crippen molar-refractivity contribution in [3.8, 4) is 5.75 Å². The summed E-state index contributed by atoms with van der Waals surface area (Å²) in [5, 5.41) is 0. The lowest BCUT2D eigenvalue weighted by atomic mass is 10.1. The lowest BCUT2D eigenvalue weighted by molar-refractivity contribution is 0.408. The van der Waals surface area contributed by atoms with E-state index in [9.17, 15) is 0 Å². The van der Waals surface area contributed by atoms with Gasteiger partial charge in [0.15, 0.2) is 0 Å². The van der Waals surface area contributed by atoms with Gasteiger partial charge in [-0.05, 0) is 49.9 Å². The van der Waals surface area contributed by atoms with Gasteiger partial charge in [-0.25, -0.2) is 0 Å². The first-order chi connectivity index (χ1) is 12.2. The zero-order valence-corrected chi connectivity index (χ0v) is 16.3. The highest BCUT2D eigenvalue weighted by Crippen LogP contribution is 2.26. The quantitative estimate of drug-likeness (QED) is 0.475. The number of nitrogens with zero attached hydrogens (tertiary/aromatic N) is 1. The molecule has 0 spiro atoms. The van der Waals surface area contributed by atoms with Gasteiger partial charge in [0.05, 0.1) is 7.11 Å². The number of unbranched alkanes of at least 4 members (excludes halogenated alkanes) is 2. The monoisotopic (exact) mass is 339 g/mol. The summed E-state index contributed by atoms with van der Waals surface area (Å²) in [6.07, 6.45) is 6.18. The minimum absolute atomic E-state index is 0.482. The van der Waals surface area contributed by atoms with E-state index in [2.05, 4.69) is 62.1 Å². The largest absolute Gasteiger partial charge is 0.496 e. The van der Waals surface area contributed by atoms with E-state index in [0.29, 0.717) is 6.04 Å². The normalized spacial score (nSPS) is 12.0. The van der Waals surface area contributed by atoms with Gasteiger partial charge in [0.1, 0.15) is 5.75 Å². The van der Waals surface area contributed by atoms with Crippen molar-refractivity contribution in [2.75, 3.05) is 12.0 Å². The van der Waals surface area contributed by atoms with Crippen molar-refractivity contribution in [3.05, 3.63) is 59.7 Å². The third-order valence-corrected chi connectivity index (χ3v) is 4.99. The number of anilines is 1. The van der Waals surface area contributed by atoms with E-state index in [4.69, 9.17) is 4.74 Å². The van der Waals surface area contributed by atoms with Crippen LogP contribution in [0.1, 0.15) is 57.6 Å². The highest BCUT2D eigenvalue weighted by molar-refractivity contribution is 5.50. The van der Waals surface area contributed by atoms with Crippen molar-refractivity contribution in [2.24, 2.45) is 0 Å².